The maximum absolute atomic E-state index is 13.6. The van der Waals surface area contributed by atoms with Crippen LogP contribution in [0.3, 0.4) is 0 Å². The molecule has 3 aromatic heterocycles. The van der Waals surface area contributed by atoms with Gasteiger partial charge in [-0.25, -0.2) is 4.98 Å². The maximum atomic E-state index is 13.6. The van der Waals surface area contributed by atoms with Gasteiger partial charge in [0, 0.05) is 28.7 Å². The van der Waals surface area contributed by atoms with Crippen LogP contribution in [0.4, 0.5) is 5.69 Å². The van der Waals surface area contributed by atoms with Crippen LogP contribution >= 0.6 is 11.6 Å². The van der Waals surface area contributed by atoms with Crippen molar-refractivity contribution in [3.05, 3.63) is 94.0 Å². The van der Waals surface area contributed by atoms with E-state index in [1.807, 2.05) is 87.1 Å². The number of aromatic nitrogens is 5. The zero-order valence-electron chi connectivity index (χ0n) is 20.0. The Labute approximate surface area is 208 Å². The molecule has 5 rings (SSSR count). The zero-order chi connectivity index (χ0) is 24.7. The topological polar surface area (TPSA) is 77.6 Å². The van der Waals surface area contributed by atoms with E-state index in [0.717, 1.165) is 39.1 Å². The van der Waals surface area contributed by atoms with Crippen molar-refractivity contribution in [2.45, 2.75) is 27.3 Å². The summed E-state index contributed by atoms with van der Waals surface area (Å²) in [5, 5.41) is 13.6. The Hall–Kier alpha value is -3.97. The SMILES string of the molecule is Cc1nn(Cc2ccc(Cl)cc2)c(C)c1NC(=O)c1cc(-c2cnn(C)c2C)nc2ccccc12. The van der Waals surface area contributed by atoms with Crippen LogP contribution in [0.5, 0.6) is 0 Å². The Bertz CT molecular complexity index is 1570. The van der Waals surface area contributed by atoms with E-state index in [4.69, 9.17) is 16.6 Å². The van der Waals surface area contributed by atoms with Gasteiger partial charge >= 0.3 is 0 Å². The van der Waals surface area contributed by atoms with Gasteiger partial charge in [-0.05, 0) is 50.6 Å². The molecule has 1 N–H and O–H groups in total. The minimum Gasteiger partial charge on any atom is -0.319 e. The largest absolute Gasteiger partial charge is 0.319 e. The second kappa shape index (κ2) is 9.00. The number of amides is 1. The number of halogens is 1. The van der Waals surface area contributed by atoms with Gasteiger partial charge in [0.2, 0.25) is 0 Å². The van der Waals surface area contributed by atoms with E-state index in [0.29, 0.717) is 28.5 Å². The van der Waals surface area contributed by atoms with Crippen LogP contribution in [-0.2, 0) is 13.6 Å². The van der Waals surface area contributed by atoms with Gasteiger partial charge in [0.25, 0.3) is 5.91 Å². The molecule has 2 aromatic carbocycles. The molecule has 0 aliphatic rings. The van der Waals surface area contributed by atoms with Gasteiger partial charge in [0.05, 0.1) is 46.6 Å². The summed E-state index contributed by atoms with van der Waals surface area (Å²) in [5.74, 6) is -0.205. The predicted molar refractivity (Wildman–Crippen MR) is 139 cm³/mol. The molecule has 0 saturated carbocycles. The molecule has 0 unspecified atom stereocenters. The summed E-state index contributed by atoms with van der Waals surface area (Å²) >= 11 is 6.01. The zero-order valence-corrected chi connectivity index (χ0v) is 20.8. The van der Waals surface area contributed by atoms with Crippen molar-refractivity contribution in [1.29, 1.82) is 0 Å². The van der Waals surface area contributed by atoms with Crippen LogP contribution in [0.15, 0.2) is 60.8 Å². The highest BCUT2D eigenvalue weighted by molar-refractivity contribution is 6.30. The Balaban J connectivity index is 1.51. The number of hydrogen-bond acceptors (Lipinski definition) is 4. The molecule has 0 fully saturated rings. The van der Waals surface area contributed by atoms with Crippen molar-refractivity contribution in [2.24, 2.45) is 7.05 Å². The second-order valence-electron chi connectivity index (χ2n) is 8.62. The fraction of sp³-hybridized carbons (Fsp3) is 0.185. The summed E-state index contributed by atoms with van der Waals surface area (Å²) < 4.78 is 3.69. The lowest BCUT2D eigenvalue weighted by Gasteiger charge is -2.11. The van der Waals surface area contributed by atoms with Gasteiger partial charge in [-0.15, -0.1) is 0 Å². The summed E-state index contributed by atoms with van der Waals surface area (Å²) in [4.78, 5) is 18.4. The van der Waals surface area contributed by atoms with E-state index in [2.05, 4.69) is 15.5 Å². The van der Waals surface area contributed by atoms with Crippen LogP contribution in [0.1, 0.15) is 33.0 Å². The number of nitrogens with zero attached hydrogens (tertiary/aromatic N) is 5. The number of aryl methyl sites for hydroxylation is 2. The molecule has 0 spiro atoms. The number of para-hydroxylation sites is 1. The normalized spacial score (nSPS) is 11.2. The van der Waals surface area contributed by atoms with Gasteiger partial charge in [-0.3, -0.25) is 14.2 Å². The third-order valence-corrected chi connectivity index (χ3v) is 6.59. The van der Waals surface area contributed by atoms with Gasteiger partial charge in [-0.1, -0.05) is 41.9 Å². The minimum atomic E-state index is -0.205. The van der Waals surface area contributed by atoms with E-state index in [1.54, 1.807) is 10.9 Å². The molecule has 35 heavy (non-hydrogen) atoms. The van der Waals surface area contributed by atoms with Gasteiger partial charge in [-0.2, -0.15) is 10.2 Å². The highest BCUT2D eigenvalue weighted by Gasteiger charge is 2.20. The monoisotopic (exact) mass is 484 g/mol. The fourth-order valence-corrected chi connectivity index (χ4v) is 4.35. The summed E-state index contributed by atoms with van der Waals surface area (Å²) in [5.41, 5.74) is 7.33. The molecule has 0 aliphatic carbocycles. The van der Waals surface area contributed by atoms with E-state index in [-0.39, 0.29) is 5.91 Å². The fourth-order valence-electron chi connectivity index (χ4n) is 4.23. The van der Waals surface area contributed by atoms with Gasteiger partial charge < -0.3 is 5.32 Å². The van der Waals surface area contributed by atoms with Crippen molar-refractivity contribution in [3.8, 4) is 11.3 Å². The lowest BCUT2D eigenvalue weighted by molar-refractivity contribution is 0.102. The molecule has 7 nitrogen and oxygen atoms in total. The molecule has 0 atom stereocenters. The average molecular weight is 485 g/mol. The van der Waals surface area contributed by atoms with Crippen molar-refractivity contribution in [2.75, 3.05) is 5.32 Å². The van der Waals surface area contributed by atoms with Crippen LogP contribution in [0.2, 0.25) is 5.02 Å². The first kappa shape index (κ1) is 22.8. The second-order valence-corrected chi connectivity index (χ2v) is 9.06. The Morgan fingerprint density at radius 3 is 2.49 bits per heavy atom. The number of carbonyl (C=O) groups excluding carboxylic acids is 1. The van der Waals surface area contributed by atoms with Crippen molar-refractivity contribution in [3.63, 3.8) is 0 Å². The smallest absolute Gasteiger partial charge is 0.256 e. The molecular weight excluding hydrogens is 460 g/mol. The number of carbonyl (C=O) groups is 1. The van der Waals surface area contributed by atoms with Gasteiger partial charge in [0.15, 0.2) is 0 Å². The molecule has 176 valence electrons. The molecule has 5 aromatic rings. The first-order valence-corrected chi connectivity index (χ1v) is 11.7. The van der Waals surface area contributed by atoms with E-state index < -0.39 is 0 Å². The highest BCUT2D eigenvalue weighted by atomic mass is 35.5. The molecule has 0 saturated heterocycles. The summed E-state index contributed by atoms with van der Waals surface area (Å²) in [6, 6.07) is 17.2. The van der Waals surface area contributed by atoms with Crippen molar-refractivity contribution < 1.29 is 4.79 Å². The molecule has 3 heterocycles. The summed E-state index contributed by atoms with van der Waals surface area (Å²) in [7, 11) is 1.89. The third kappa shape index (κ3) is 4.31. The maximum Gasteiger partial charge on any atom is 0.256 e. The number of fused-ring (bicyclic) bond motifs is 1. The van der Waals surface area contributed by atoms with Crippen molar-refractivity contribution in [1.82, 2.24) is 24.5 Å². The molecular formula is C27H25ClN6O. The van der Waals surface area contributed by atoms with Crippen LogP contribution in [0.25, 0.3) is 22.2 Å². The van der Waals surface area contributed by atoms with Crippen LogP contribution in [0, 0.1) is 20.8 Å². The van der Waals surface area contributed by atoms with Crippen LogP contribution in [-0.4, -0.2) is 30.5 Å². The molecule has 8 heteroatoms. The van der Waals surface area contributed by atoms with Crippen molar-refractivity contribution >= 4 is 34.1 Å². The lowest BCUT2D eigenvalue weighted by atomic mass is 10.0. The molecule has 0 aliphatic heterocycles. The van der Waals surface area contributed by atoms with E-state index in [1.165, 1.54) is 0 Å². The standard InChI is InChI=1S/C27H25ClN6O/c1-16-26(18(3)34(32-16)15-19-9-11-20(28)12-10-19)31-27(35)22-13-25(23-14-29-33(4)17(23)2)30-24-8-6-5-7-21(22)24/h5-14H,15H2,1-4H3,(H,31,35). The number of benzene rings is 2. The minimum absolute atomic E-state index is 0.205. The summed E-state index contributed by atoms with van der Waals surface area (Å²) in [6.45, 7) is 6.43. The first-order valence-electron chi connectivity index (χ1n) is 11.3. The molecule has 0 radical (unpaired) electrons. The van der Waals surface area contributed by atoms with E-state index >= 15 is 0 Å². The molecule has 1 amide bonds. The first-order chi connectivity index (χ1) is 16.8. The number of pyridine rings is 1. The molecule has 0 bridgehead atoms. The quantitative estimate of drug-likeness (QED) is 0.346. The Kier molecular flexibility index (Phi) is 5.86. The Morgan fingerprint density at radius 1 is 1.03 bits per heavy atom. The number of rotatable bonds is 5. The highest BCUT2D eigenvalue weighted by Crippen LogP contribution is 2.28. The number of hydrogen-bond donors (Lipinski definition) is 1. The average Bonchev–Trinajstić information content (AvgIpc) is 3.32. The Morgan fingerprint density at radius 2 is 1.77 bits per heavy atom. The van der Waals surface area contributed by atoms with E-state index in [9.17, 15) is 4.79 Å². The lowest BCUT2D eigenvalue weighted by Crippen LogP contribution is -2.14. The predicted octanol–water partition coefficient (Wildman–Crippen LogP) is 5.71. The number of anilines is 1. The van der Waals surface area contributed by atoms with Gasteiger partial charge in [0.1, 0.15) is 0 Å². The third-order valence-electron chi connectivity index (χ3n) is 6.34. The summed E-state index contributed by atoms with van der Waals surface area (Å²) in [6.07, 6.45) is 1.78. The van der Waals surface area contributed by atoms with Crippen LogP contribution < -0.4 is 5.32 Å². The number of nitrogens with one attached hydrogen (secondary N) is 1.